The molecule has 3 aromatic rings. The van der Waals surface area contributed by atoms with Crippen molar-refractivity contribution in [2.24, 2.45) is 0 Å². The van der Waals surface area contributed by atoms with E-state index >= 15 is 0 Å². The zero-order valence-electron chi connectivity index (χ0n) is 16.6. The molecule has 0 bridgehead atoms. The second kappa shape index (κ2) is 9.73. The number of rotatable bonds is 9. The molecule has 29 heavy (non-hydrogen) atoms. The minimum atomic E-state index is -0.817. The molecular formula is C24H26N2O3. The van der Waals surface area contributed by atoms with E-state index in [1.54, 1.807) is 0 Å². The lowest BCUT2D eigenvalue weighted by Crippen LogP contribution is -2.27. The van der Waals surface area contributed by atoms with Gasteiger partial charge in [0.2, 0.25) is 5.91 Å². The molecule has 0 aliphatic carbocycles. The third-order valence-corrected chi connectivity index (χ3v) is 4.97. The Kier molecular flexibility index (Phi) is 6.85. The number of amides is 1. The van der Waals surface area contributed by atoms with Gasteiger partial charge in [-0.1, -0.05) is 54.6 Å². The smallest absolute Gasteiger partial charge is 0.305 e. The van der Waals surface area contributed by atoms with Gasteiger partial charge in [0.05, 0.1) is 12.8 Å². The van der Waals surface area contributed by atoms with Gasteiger partial charge in [0.1, 0.15) is 0 Å². The Balaban J connectivity index is 1.67. The van der Waals surface area contributed by atoms with Crippen molar-refractivity contribution in [3.63, 3.8) is 0 Å². The van der Waals surface area contributed by atoms with E-state index in [9.17, 15) is 9.59 Å². The Morgan fingerprint density at radius 3 is 2.48 bits per heavy atom. The summed E-state index contributed by atoms with van der Waals surface area (Å²) in [5.41, 5.74) is 4.21. The largest absolute Gasteiger partial charge is 0.481 e. The van der Waals surface area contributed by atoms with E-state index in [1.807, 2.05) is 55.5 Å². The SMILES string of the molecule is Cc1c(NCCC(=O)O)ccc2cccc(CCNC(=O)Cc3ccccc3)c12. The van der Waals surface area contributed by atoms with Gasteiger partial charge >= 0.3 is 5.97 Å². The van der Waals surface area contributed by atoms with Crippen LogP contribution in [0.2, 0.25) is 0 Å². The molecule has 0 aliphatic rings. The maximum absolute atomic E-state index is 12.2. The summed E-state index contributed by atoms with van der Waals surface area (Å²) in [7, 11) is 0. The molecule has 0 spiro atoms. The van der Waals surface area contributed by atoms with Crippen molar-refractivity contribution >= 4 is 28.3 Å². The minimum Gasteiger partial charge on any atom is -0.481 e. The number of fused-ring (bicyclic) bond motifs is 1. The highest BCUT2D eigenvalue weighted by Crippen LogP contribution is 2.28. The third kappa shape index (κ3) is 5.57. The number of carboxylic acids is 1. The monoisotopic (exact) mass is 390 g/mol. The molecule has 3 rings (SSSR count). The van der Waals surface area contributed by atoms with Gasteiger partial charge in [-0.25, -0.2) is 0 Å². The van der Waals surface area contributed by atoms with Crippen LogP contribution in [0, 0.1) is 6.92 Å². The van der Waals surface area contributed by atoms with Crippen LogP contribution in [0.5, 0.6) is 0 Å². The first-order valence-corrected chi connectivity index (χ1v) is 9.82. The number of aryl methyl sites for hydroxylation is 1. The van der Waals surface area contributed by atoms with Crippen LogP contribution in [0.3, 0.4) is 0 Å². The molecular weight excluding hydrogens is 364 g/mol. The number of carbonyl (C=O) groups is 2. The van der Waals surface area contributed by atoms with Crippen molar-refractivity contribution < 1.29 is 14.7 Å². The molecule has 5 heteroatoms. The lowest BCUT2D eigenvalue weighted by atomic mass is 9.96. The first-order valence-electron chi connectivity index (χ1n) is 9.82. The van der Waals surface area contributed by atoms with Crippen molar-refractivity contribution in [3.8, 4) is 0 Å². The lowest BCUT2D eigenvalue weighted by molar-refractivity contribution is -0.136. The summed E-state index contributed by atoms with van der Waals surface area (Å²) in [5.74, 6) is -0.799. The van der Waals surface area contributed by atoms with Crippen molar-refractivity contribution in [1.29, 1.82) is 0 Å². The summed E-state index contributed by atoms with van der Waals surface area (Å²) in [5, 5.41) is 17.4. The summed E-state index contributed by atoms with van der Waals surface area (Å²) in [6.07, 6.45) is 1.19. The van der Waals surface area contributed by atoms with Gasteiger partial charge in [0, 0.05) is 18.8 Å². The second-order valence-electron chi connectivity index (χ2n) is 7.09. The van der Waals surface area contributed by atoms with E-state index in [2.05, 4.69) is 22.8 Å². The zero-order valence-corrected chi connectivity index (χ0v) is 16.6. The number of benzene rings is 3. The van der Waals surface area contributed by atoms with Crippen LogP contribution >= 0.6 is 0 Å². The van der Waals surface area contributed by atoms with Crippen LogP contribution in [-0.4, -0.2) is 30.1 Å². The molecule has 1 amide bonds. The molecule has 150 valence electrons. The fourth-order valence-electron chi connectivity index (χ4n) is 3.53. The third-order valence-electron chi connectivity index (χ3n) is 4.97. The molecule has 0 aliphatic heterocycles. The number of aliphatic carboxylic acids is 1. The van der Waals surface area contributed by atoms with Crippen molar-refractivity contribution in [2.45, 2.75) is 26.2 Å². The van der Waals surface area contributed by atoms with Crippen molar-refractivity contribution in [1.82, 2.24) is 5.32 Å². The van der Waals surface area contributed by atoms with E-state index in [0.717, 1.165) is 34.0 Å². The van der Waals surface area contributed by atoms with Gasteiger partial charge in [-0.05, 0) is 46.9 Å². The predicted octanol–water partition coefficient (Wildman–Crippen LogP) is 3.94. The summed E-state index contributed by atoms with van der Waals surface area (Å²) in [6, 6.07) is 19.9. The molecule has 0 saturated heterocycles. The Hall–Kier alpha value is -3.34. The summed E-state index contributed by atoms with van der Waals surface area (Å²) < 4.78 is 0. The Bertz CT molecular complexity index is 1000. The van der Waals surface area contributed by atoms with Gasteiger partial charge < -0.3 is 15.7 Å². The number of nitrogens with one attached hydrogen (secondary N) is 2. The zero-order chi connectivity index (χ0) is 20.6. The van der Waals surface area contributed by atoms with Crippen LogP contribution in [0.15, 0.2) is 60.7 Å². The van der Waals surface area contributed by atoms with E-state index in [4.69, 9.17) is 5.11 Å². The molecule has 0 fully saturated rings. The highest BCUT2D eigenvalue weighted by atomic mass is 16.4. The normalized spacial score (nSPS) is 10.7. The molecule has 0 heterocycles. The van der Waals surface area contributed by atoms with Crippen molar-refractivity contribution in [3.05, 3.63) is 77.4 Å². The van der Waals surface area contributed by atoms with Gasteiger partial charge in [0.15, 0.2) is 0 Å². The number of carbonyl (C=O) groups excluding carboxylic acids is 1. The van der Waals surface area contributed by atoms with E-state index in [-0.39, 0.29) is 12.3 Å². The average Bonchev–Trinajstić information content (AvgIpc) is 2.70. The van der Waals surface area contributed by atoms with E-state index in [0.29, 0.717) is 19.5 Å². The fourth-order valence-corrected chi connectivity index (χ4v) is 3.53. The topological polar surface area (TPSA) is 78.4 Å². The maximum Gasteiger partial charge on any atom is 0.305 e. The number of hydrogen-bond donors (Lipinski definition) is 3. The molecule has 3 N–H and O–H groups in total. The van der Waals surface area contributed by atoms with Crippen molar-refractivity contribution in [2.75, 3.05) is 18.4 Å². The quantitative estimate of drug-likeness (QED) is 0.517. The van der Waals surface area contributed by atoms with E-state index < -0.39 is 5.97 Å². The predicted molar refractivity (Wildman–Crippen MR) is 116 cm³/mol. The Morgan fingerprint density at radius 1 is 0.931 bits per heavy atom. The highest BCUT2D eigenvalue weighted by Gasteiger charge is 2.09. The van der Waals surface area contributed by atoms with Crippen LogP contribution in [0.25, 0.3) is 10.8 Å². The van der Waals surface area contributed by atoms with Gasteiger partial charge in [0.25, 0.3) is 0 Å². The Morgan fingerprint density at radius 2 is 1.72 bits per heavy atom. The fraction of sp³-hybridized carbons (Fsp3) is 0.250. The molecule has 0 atom stereocenters. The van der Waals surface area contributed by atoms with Gasteiger partial charge in [-0.2, -0.15) is 0 Å². The molecule has 5 nitrogen and oxygen atoms in total. The van der Waals surface area contributed by atoms with Crippen LogP contribution in [-0.2, 0) is 22.4 Å². The second-order valence-corrected chi connectivity index (χ2v) is 7.09. The van der Waals surface area contributed by atoms with Gasteiger partial charge in [-0.15, -0.1) is 0 Å². The van der Waals surface area contributed by atoms with E-state index in [1.165, 1.54) is 5.56 Å². The minimum absolute atomic E-state index is 0.0178. The standard InChI is InChI=1S/C24H26N2O3/c1-17-21(25-15-13-23(28)29)11-10-19-8-5-9-20(24(17)19)12-14-26-22(27)16-18-6-3-2-4-7-18/h2-11,25H,12-16H2,1H3,(H,26,27)(H,28,29). The first-order chi connectivity index (χ1) is 14.0. The van der Waals surface area contributed by atoms with Gasteiger partial charge in [-0.3, -0.25) is 9.59 Å². The first kappa shape index (κ1) is 20.4. The average molecular weight is 390 g/mol. The summed E-state index contributed by atoms with van der Waals surface area (Å²) >= 11 is 0. The molecule has 0 unspecified atom stereocenters. The van der Waals surface area contributed by atoms with Crippen LogP contribution < -0.4 is 10.6 Å². The lowest BCUT2D eigenvalue weighted by Gasteiger charge is -2.15. The van der Waals surface area contributed by atoms with Crippen LogP contribution in [0.1, 0.15) is 23.1 Å². The number of anilines is 1. The number of hydrogen-bond acceptors (Lipinski definition) is 3. The highest BCUT2D eigenvalue weighted by molar-refractivity contribution is 5.92. The Labute approximate surface area is 170 Å². The van der Waals surface area contributed by atoms with Crippen LogP contribution in [0.4, 0.5) is 5.69 Å². The summed E-state index contributed by atoms with van der Waals surface area (Å²) in [4.78, 5) is 22.9. The molecule has 3 aromatic carbocycles. The molecule has 0 saturated carbocycles. The maximum atomic E-state index is 12.2. The summed E-state index contributed by atoms with van der Waals surface area (Å²) in [6.45, 7) is 3.00. The molecule has 0 radical (unpaired) electrons. The number of carboxylic acid groups (broad SMARTS) is 1. The molecule has 0 aromatic heterocycles.